The fourth-order valence-corrected chi connectivity index (χ4v) is 6.10. The van der Waals surface area contributed by atoms with Gasteiger partial charge in [-0.05, 0) is 102 Å². The van der Waals surface area contributed by atoms with Crippen LogP contribution in [-0.4, -0.2) is 53.3 Å². The van der Waals surface area contributed by atoms with E-state index in [1.807, 2.05) is 85.8 Å². The molecule has 1 heterocycles. The molecule has 0 unspecified atom stereocenters. The molecule has 1 aromatic heterocycles. The molecule has 0 bridgehead atoms. The van der Waals surface area contributed by atoms with Gasteiger partial charge < -0.3 is 22.1 Å². The Morgan fingerprint density at radius 3 is 2.16 bits per heavy atom. The van der Waals surface area contributed by atoms with Crippen molar-refractivity contribution in [1.82, 2.24) is 20.5 Å². The third kappa shape index (κ3) is 11.2. The molecule has 51 heavy (non-hydrogen) atoms. The van der Waals surface area contributed by atoms with Gasteiger partial charge in [0, 0.05) is 44.1 Å². The predicted molar refractivity (Wildman–Crippen MR) is 201 cm³/mol. The number of aromatic nitrogens is 1. The van der Waals surface area contributed by atoms with E-state index in [2.05, 4.69) is 25.5 Å². The highest BCUT2D eigenvalue weighted by molar-refractivity contribution is 5.97. The molecule has 10 heteroatoms. The second-order valence-electron chi connectivity index (χ2n) is 12.7. The highest BCUT2D eigenvalue weighted by atomic mass is 19.1. The number of amides is 2. The van der Waals surface area contributed by atoms with E-state index in [0.717, 1.165) is 53.4 Å². The predicted octanol–water partition coefficient (Wildman–Crippen LogP) is 5.69. The molecule has 2 atom stereocenters. The summed E-state index contributed by atoms with van der Waals surface area (Å²) >= 11 is 0. The number of carbonyl (C=O) groups is 2. The number of fused-ring (bicyclic) bond motifs is 1. The maximum absolute atomic E-state index is 13.6. The lowest BCUT2D eigenvalue weighted by molar-refractivity contribution is -0.123. The van der Waals surface area contributed by atoms with Gasteiger partial charge in [0.25, 0.3) is 5.91 Å². The lowest BCUT2D eigenvalue weighted by atomic mass is 9.99. The first-order chi connectivity index (χ1) is 24.7. The Hall–Kier alpha value is -5.61. The largest absolute Gasteiger partial charge is 0.370 e. The second kappa shape index (κ2) is 18.4. The summed E-state index contributed by atoms with van der Waals surface area (Å²) in [5.74, 6) is -0.884. The van der Waals surface area contributed by atoms with Crippen LogP contribution in [0.4, 0.5) is 4.39 Å². The van der Waals surface area contributed by atoms with Gasteiger partial charge in [-0.15, -0.1) is 0 Å². The first-order valence-electron chi connectivity index (χ1n) is 17.3. The topological polar surface area (TPSA) is 139 Å². The van der Waals surface area contributed by atoms with Crippen LogP contribution in [0.3, 0.4) is 0 Å². The summed E-state index contributed by atoms with van der Waals surface area (Å²) in [6.45, 7) is 4.56. The van der Waals surface area contributed by atoms with Crippen molar-refractivity contribution in [3.05, 3.63) is 149 Å². The first kappa shape index (κ1) is 36.7. The standard InChI is InChI=1S/C41H46FN7O2/c1-29(36-9-4-7-33-6-2-3-8-37(33)36)47-40(51)38(10-5-23-46-41(43)44)48-39(50)34-15-11-32(12-16-34)28-49(27-22-31-19-24-45-25-20-31)26-21-30-13-17-35(42)18-14-30/h2-4,6-9,11-20,24-25,29,38H,5,10,21-23,26-28H2,1H3,(H,47,51)(H,48,50)(H4,43,44,46)/t29-,38+/m1/s1. The van der Waals surface area contributed by atoms with Crippen LogP contribution < -0.4 is 22.1 Å². The van der Waals surface area contributed by atoms with Gasteiger partial charge in [-0.2, -0.15) is 0 Å². The normalized spacial score (nSPS) is 12.3. The van der Waals surface area contributed by atoms with Gasteiger partial charge in [0.15, 0.2) is 5.96 Å². The van der Waals surface area contributed by atoms with Crippen LogP contribution in [0.25, 0.3) is 10.8 Å². The summed E-state index contributed by atoms with van der Waals surface area (Å²) in [5, 5.41) is 8.21. The summed E-state index contributed by atoms with van der Waals surface area (Å²) in [6.07, 6.45) is 6.10. The van der Waals surface area contributed by atoms with Crippen molar-refractivity contribution in [2.75, 3.05) is 19.6 Å². The molecule has 264 valence electrons. The molecule has 5 aromatic rings. The van der Waals surface area contributed by atoms with Crippen molar-refractivity contribution < 1.29 is 14.0 Å². The Kier molecular flexibility index (Phi) is 13.2. The number of pyridine rings is 1. The molecule has 0 saturated carbocycles. The van der Waals surface area contributed by atoms with Gasteiger partial charge in [-0.25, -0.2) is 4.39 Å². The van der Waals surface area contributed by atoms with E-state index in [1.54, 1.807) is 24.5 Å². The molecule has 0 aliphatic heterocycles. The van der Waals surface area contributed by atoms with Gasteiger partial charge in [-0.3, -0.25) is 24.5 Å². The summed E-state index contributed by atoms with van der Waals surface area (Å²) in [7, 11) is 0. The molecule has 9 nitrogen and oxygen atoms in total. The third-order valence-corrected chi connectivity index (χ3v) is 8.93. The minimum atomic E-state index is -0.793. The van der Waals surface area contributed by atoms with Gasteiger partial charge in [0.1, 0.15) is 11.9 Å². The van der Waals surface area contributed by atoms with Crippen molar-refractivity contribution in [2.24, 2.45) is 16.5 Å². The number of hydrogen-bond donors (Lipinski definition) is 4. The smallest absolute Gasteiger partial charge is 0.251 e. The summed E-state index contributed by atoms with van der Waals surface area (Å²) in [6, 6.07) is 31.1. The average Bonchev–Trinajstić information content (AvgIpc) is 3.14. The molecule has 0 saturated heterocycles. The second-order valence-corrected chi connectivity index (χ2v) is 12.7. The minimum absolute atomic E-state index is 0.0175. The lowest BCUT2D eigenvalue weighted by Crippen LogP contribution is -2.47. The quantitative estimate of drug-likeness (QED) is 0.0563. The summed E-state index contributed by atoms with van der Waals surface area (Å²) < 4.78 is 13.5. The number of nitrogens with one attached hydrogen (secondary N) is 2. The molecular weight excluding hydrogens is 641 g/mol. The Bertz CT molecular complexity index is 1890. The van der Waals surface area contributed by atoms with Crippen LogP contribution in [0.1, 0.15) is 58.4 Å². The number of aliphatic imine (C=N–C) groups is 1. The van der Waals surface area contributed by atoms with Gasteiger partial charge in [-0.1, -0.05) is 66.7 Å². The number of rotatable bonds is 17. The fourth-order valence-electron chi connectivity index (χ4n) is 6.10. The van der Waals surface area contributed by atoms with Crippen LogP contribution in [0, 0.1) is 5.82 Å². The number of guanidine groups is 1. The van der Waals surface area contributed by atoms with Gasteiger partial charge >= 0.3 is 0 Å². The zero-order valence-corrected chi connectivity index (χ0v) is 29.0. The minimum Gasteiger partial charge on any atom is -0.370 e. The third-order valence-electron chi connectivity index (χ3n) is 8.93. The van der Waals surface area contributed by atoms with E-state index < -0.39 is 6.04 Å². The number of benzene rings is 4. The van der Waals surface area contributed by atoms with Crippen LogP contribution in [0.5, 0.6) is 0 Å². The molecule has 5 rings (SSSR count). The molecule has 0 spiro atoms. The Morgan fingerprint density at radius 2 is 1.45 bits per heavy atom. The molecule has 4 aromatic carbocycles. The van der Waals surface area contributed by atoms with Crippen molar-refractivity contribution in [3.8, 4) is 0 Å². The van der Waals surface area contributed by atoms with E-state index in [0.29, 0.717) is 31.5 Å². The summed E-state index contributed by atoms with van der Waals surface area (Å²) in [4.78, 5) is 37.7. The van der Waals surface area contributed by atoms with E-state index in [4.69, 9.17) is 11.5 Å². The van der Waals surface area contributed by atoms with Crippen molar-refractivity contribution in [2.45, 2.75) is 51.2 Å². The zero-order valence-electron chi connectivity index (χ0n) is 29.0. The number of hydrogen-bond acceptors (Lipinski definition) is 5. The zero-order chi connectivity index (χ0) is 36.0. The van der Waals surface area contributed by atoms with E-state index in [-0.39, 0.29) is 29.6 Å². The molecule has 6 N–H and O–H groups in total. The number of nitrogens with two attached hydrogens (primary N) is 2. The molecule has 0 fully saturated rings. The average molecular weight is 688 g/mol. The molecular formula is C41H46FN7O2. The molecule has 0 aliphatic rings. The number of nitrogens with zero attached hydrogens (tertiary/aromatic N) is 3. The fraction of sp³-hybridized carbons (Fsp3) is 0.268. The van der Waals surface area contributed by atoms with Gasteiger partial charge in [0.05, 0.1) is 6.04 Å². The maximum atomic E-state index is 13.6. The molecule has 2 amide bonds. The van der Waals surface area contributed by atoms with Crippen LogP contribution >= 0.6 is 0 Å². The Labute approximate surface area is 299 Å². The Morgan fingerprint density at radius 1 is 0.804 bits per heavy atom. The lowest BCUT2D eigenvalue weighted by Gasteiger charge is -2.23. The number of carbonyl (C=O) groups excluding carboxylic acids is 2. The first-order valence-corrected chi connectivity index (χ1v) is 17.3. The van der Waals surface area contributed by atoms with Crippen LogP contribution in [-0.2, 0) is 24.2 Å². The maximum Gasteiger partial charge on any atom is 0.251 e. The van der Waals surface area contributed by atoms with Crippen LogP contribution in [0.15, 0.2) is 121 Å². The summed E-state index contributed by atoms with van der Waals surface area (Å²) in [5.41, 5.74) is 15.8. The van der Waals surface area contributed by atoms with E-state index in [9.17, 15) is 14.0 Å². The van der Waals surface area contributed by atoms with E-state index in [1.165, 1.54) is 17.7 Å². The van der Waals surface area contributed by atoms with Crippen molar-refractivity contribution in [3.63, 3.8) is 0 Å². The highest BCUT2D eigenvalue weighted by Crippen LogP contribution is 2.24. The van der Waals surface area contributed by atoms with Crippen molar-refractivity contribution >= 4 is 28.5 Å². The van der Waals surface area contributed by atoms with Crippen molar-refractivity contribution in [1.29, 1.82) is 0 Å². The SMILES string of the molecule is C[C@@H](NC(=O)[C@H](CCCN=C(N)N)NC(=O)c1ccc(CN(CCc2ccncc2)CCc2ccc(F)cc2)cc1)c1cccc2ccccc12. The van der Waals surface area contributed by atoms with E-state index >= 15 is 0 Å². The van der Waals surface area contributed by atoms with Crippen LogP contribution in [0.2, 0.25) is 0 Å². The highest BCUT2D eigenvalue weighted by Gasteiger charge is 2.23. The molecule has 0 radical (unpaired) electrons. The molecule has 0 aliphatic carbocycles. The van der Waals surface area contributed by atoms with Gasteiger partial charge in [0.2, 0.25) is 5.91 Å². The Balaban J connectivity index is 1.24. The monoisotopic (exact) mass is 687 g/mol. The number of halogens is 1.